The molecule has 1 aromatic carbocycles. The van der Waals surface area contributed by atoms with E-state index in [1.54, 1.807) is 0 Å². The van der Waals surface area contributed by atoms with Crippen molar-refractivity contribution in [3.8, 4) is 5.75 Å². The molecule has 1 aromatic rings. The van der Waals surface area contributed by atoms with Crippen LogP contribution < -0.4 is 4.74 Å². The van der Waals surface area contributed by atoms with Gasteiger partial charge in [0.05, 0.1) is 5.75 Å². The monoisotopic (exact) mass is 364 g/mol. The van der Waals surface area contributed by atoms with Gasteiger partial charge in [0, 0.05) is 6.26 Å². The largest absolute Gasteiger partial charge is 0.491 e. The summed E-state index contributed by atoms with van der Waals surface area (Å²) in [6, 6.07) is 8.32. The molecule has 4 aliphatic rings. The third-order valence-corrected chi connectivity index (χ3v) is 7.43. The van der Waals surface area contributed by atoms with Crippen molar-refractivity contribution < 1.29 is 18.3 Å². The van der Waals surface area contributed by atoms with Gasteiger partial charge in [-0.25, -0.2) is 8.42 Å². The van der Waals surface area contributed by atoms with Crippen LogP contribution in [0.3, 0.4) is 0 Å². The highest BCUT2D eigenvalue weighted by Crippen LogP contribution is 2.60. The normalized spacial score (nSPS) is 34.9. The number of sulfone groups is 1. The van der Waals surface area contributed by atoms with Gasteiger partial charge in [0.25, 0.3) is 0 Å². The van der Waals surface area contributed by atoms with Crippen LogP contribution in [0.4, 0.5) is 0 Å². The second kappa shape index (κ2) is 6.27. The SMILES string of the molecule is CS(=O)(=O)C[C@H](O)COc1ccc(C23CC4CC(CC(C4)C2)C3)cc1. The fourth-order valence-corrected chi connectivity index (χ4v) is 6.75. The highest BCUT2D eigenvalue weighted by Gasteiger charge is 2.51. The Hall–Kier alpha value is -1.07. The van der Waals surface area contributed by atoms with Crippen LogP contribution in [0.5, 0.6) is 5.75 Å². The summed E-state index contributed by atoms with van der Waals surface area (Å²) in [4.78, 5) is 0. The molecule has 0 spiro atoms. The van der Waals surface area contributed by atoms with Crippen LogP contribution in [0.25, 0.3) is 0 Å². The topological polar surface area (TPSA) is 63.6 Å². The first-order valence-electron chi connectivity index (χ1n) is 9.40. The van der Waals surface area contributed by atoms with Crippen LogP contribution in [0.2, 0.25) is 0 Å². The standard InChI is InChI=1S/C20H28O4S/c1-25(22,23)13-18(21)12-24-19-4-2-17(3-5-19)20-9-14-6-15(10-20)8-16(7-14)11-20/h2-5,14-16,18,21H,6-13H2,1H3/t14?,15?,16?,18-,20?/m1/s1. The zero-order valence-corrected chi connectivity index (χ0v) is 15.7. The van der Waals surface area contributed by atoms with E-state index in [1.165, 1.54) is 44.1 Å². The number of benzene rings is 1. The Morgan fingerprint density at radius 3 is 2.08 bits per heavy atom. The van der Waals surface area contributed by atoms with Gasteiger partial charge in [-0.15, -0.1) is 0 Å². The molecule has 0 amide bonds. The maximum atomic E-state index is 11.2. The molecule has 0 saturated heterocycles. The summed E-state index contributed by atoms with van der Waals surface area (Å²) in [6.07, 6.45) is 8.48. The van der Waals surface area contributed by atoms with Crippen molar-refractivity contribution >= 4 is 9.84 Å². The summed E-state index contributed by atoms with van der Waals surface area (Å²) in [5.74, 6) is 3.20. The first kappa shape index (κ1) is 17.3. The Morgan fingerprint density at radius 1 is 1.08 bits per heavy atom. The van der Waals surface area contributed by atoms with E-state index in [9.17, 15) is 13.5 Å². The molecule has 0 aromatic heterocycles. The van der Waals surface area contributed by atoms with Gasteiger partial charge >= 0.3 is 0 Å². The van der Waals surface area contributed by atoms with Crippen LogP contribution in [-0.2, 0) is 15.3 Å². The molecule has 4 saturated carbocycles. The van der Waals surface area contributed by atoms with Gasteiger partial charge in [-0.3, -0.25) is 0 Å². The number of aliphatic hydroxyl groups is 1. The zero-order valence-electron chi connectivity index (χ0n) is 14.9. The van der Waals surface area contributed by atoms with Crippen LogP contribution in [-0.4, -0.2) is 38.2 Å². The van der Waals surface area contributed by atoms with E-state index in [-0.39, 0.29) is 12.4 Å². The molecule has 4 fully saturated rings. The van der Waals surface area contributed by atoms with Crippen molar-refractivity contribution in [2.24, 2.45) is 17.8 Å². The maximum absolute atomic E-state index is 11.2. The Balaban J connectivity index is 1.41. The Labute approximate surface area is 150 Å². The van der Waals surface area contributed by atoms with E-state index in [0.29, 0.717) is 11.2 Å². The van der Waals surface area contributed by atoms with E-state index >= 15 is 0 Å². The predicted octanol–water partition coefficient (Wildman–Crippen LogP) is 2.94. The minimum absolute atomic E-state index is 0.00375. The minimum Gasteiger partial charge on any atom is -0.491 e. The van der Waals surface area contributed by atoms with Crippen molar-refractivity contribution in [1.82, 2.24) is 0 Å². The molecular formula is C20H28O4S. The second-order valence-corrected chi connectivity index (χ2v) is 11.0. The van der Waals surface area contributed by atoms with Gasteiger partial charge in [-0.2, -0.15) is 0 Å². The molecule has 4 aliphatic carbocycles. The Bertz CT molecular complexity index is 687. The fraction of sp³-hybridized carbons (Fsp3) is 0.700. The third-order valence-electron chi connectivity index (χ3n) is 6.44. The fourth-order valence-electron chi connectivity index (χ4n) is 5.96. The first-order chi connectivity index (χ1) is 11.8. The highest BCUT2D eigenvalue weighted by molar-refractivity contribution is 7.90. The smallest absolute Gasteiger partial charge is 0.150 e. The van der Waals surface area contributed by atoms with Crippen molar-refractivity contribution in [3.05, 3.63) is 29.8 Å². The average Bonchev–Trinajstić information content (AvgIpc) is 2.50. The van der Waals surface area contributed by atoms with Gasteiger partial charge in [0.2, 0.25) is 0 Å². The van der Waals surface area contributed by atoms with Crippen molar-refractivity contribution in [2.75, 3.05) is 18.6 Å². The van der Waals surface area contributed by atoms with Gasteiger partial charge < -0.3 is 9.84 Å². The van der Waals surface area contributed by atoms with Gasteiger partial charge in [-0.1, -0.05) is 12.1 Å². The lowest BCUT2D eigenvalue weighted by Crippen LogP contribution is -2.48. The molecule has 0 radical (unpaired) electrons. The Kier molecular flexibility index (Phi) is 4.35. The second-order valence-electron chi connectivity index (χ2n) is 8.78. The van der Waals surface area contributed by atoms with Crippen LogP contribution in [0, 0.1) is 17.8 Å². The molecule has 1 atom stereocenters. The molecule has 4 bridgehead atoms. The molecule has 0 unspecified atom stereocenters. The van der Waals surface area contributed by atoms with E-state index in [1.807, 2.05) is 12.1 Å². The lowest BCUT2D eigenvalue weighted by atomic mass is 9.48. The zero-order chi connectivity index (χ0) is 17.7. The van der Waals surface area contributed by atoms with Crippen LogP contribution in [0.1, 0.15) is 44.1 Å². The molecule has 4 nitrogen and oxygen atoms in total. The third kappa shape index (κ3) is 3.72. The summed E-state index contributed by atoms with van der Waals surface area (Å²) < 4.78 is 27.9. The molecule has 5 rings (SSSR count). The summed E-state index contributed by atoms with van der Waals surface area (Å²) in [6.45, 7) is 0.00375. The lowest BCUT2D eigenvalue weighted by molar-refractivity contribution is -0.00521. The minimum atomic E-state index is -3.19. The highest BCUT2D eigenvalue weighted by atomic mass is 32.2. The van der Waals surface area contributed by atoms with Gasteiger partial charge in [0.15, 0.2) is 0 Å². The van der Waals surface area contributed by atoms with Crippen molar-refractivity contribution in [1.29, 1.82) is 0 Å². The molecular weight excluding hydrogens is 336 g/mol. The van der Waals surface area contributed by atoms with Crippen LogP contribution in [0.15, 0.2) is 24.3 Å². The Morgan fingerprint density at radius 2 is 1.60 bits per heavy atom. The quantitative estimate of drug-likeness (QED) is 0.843. The van der Waals surface area contributed by atoms with Crippen molar-refractivity contribution in [2.45, 2.75) is 50.0 Å². The summed E-state index contributed by atoms with van der Waals surface area (Å²) in [7, 11) is -3.19. The average molecular weight is 365 g/mol. The molecule has 0 aliphatic heterocycles. The molecule has 0 heterocycles. The van der Waals surface area contributed by atoms with Gasteiger partial charge in [0.1, 0.15) is 28.3 Å². The molecule has 1 N–H and O–H groups in total. The summed E-state index contributed by atoms with van der Waals surface area (Å²) >= 11 is 0. The van der Waals surface area contributed by atoms with E-state index in [2.05, 4.69) is 12.1 Å². The van der Waals surface area contributed by atoms with E-state index in [0.717, 1.165) is 24.0 Å². The first-order valence-corrected chi connectivity index (χ1v) is 11.5. The molecule has 25 heavy (non-hydrogen) atoms. The maximum Gasteiger partial charge on any atom is 0.150 e. The number of hydrogen-bond donors (Lipinski definition) is 1. The molecule has 138 valence electrons. The number of hydrogen-bond acceptors (Lipinski definition) is 4. The lowest BCUT2D eigenvalue weighted by Gasteiger charge is -2.57. The van der Waals surface area contributed by atoms with Crippen molar-refractivity contribution in [3.63, 3.8) is 0 Å². The van der Waals surface area contributed by atoms with Gasteiger partial charge in [-0.05, 0) is 79.4 Å². The molecule has 5 heteroatoms. The predicted molar refractivity (Wildman–Crippen MR) is 97.5 cm³/mol. The van der Waals surface area contributed by atoms with E-state index < -0.39 is 15.9 Å². The van der Waals surface area contributed by atoms with E-state index in [4.69, 9.17) is 4.74 Å². The number of ether oxygens (including phenoxy) is 1. The number of rotatable bonds is 6. The summed E-state index contributed by atoms with van der Waals surface area (Å²) in [5.41, 5.74) is 1.82. The summed E-state index contributed by atoms with van der Waals surface area (Å²) in [5, 5.41) is 9.75. The van der Waals surface area contributed by atoms with Crippen LogP contribution >= 0.6 is 0 Å². The number of aliphatic hydroxyl groups excluding tert-OH is 1.